The Kier molecular flexibility index (Phi) is 3.94. The molecule has 1 saturated heterocycles. The Morgan fingerprint density at radius 3 is 2.79 bits per heavy atom. The Morgan fingerprint density at radius 1 is 1.37 bits per heavy atom. The molecule has 1 aliphatic rings. The van der Waals surface area contributed by atoms with Crippen LogP contribution in [0, 0.1) is 0 Å². The monoisotopic (exact) mass is 259 g/mol. The van der Waals surface area contributed by atoms with Gasteiger partial charge in [0.15, 0.2) is 0 Å². The summed E-state index contributed by atoms with van der Waals surface area (Å²) in [5, 5.41) is 3.99. The van der Waals surface area contributed by atoms with Crippen LogP contribution in [-0.2, 0) is 9.59 Å². The number of benzene rings is 1. The molecule has 2 rings (SSSR count). The van der Waals surface area contributed by atoms with E-state index in [0.29, 0.717) is 12.1 Å². The van der Waals surface area contributed by atoms with Crippen LogP contribution in [0.25, 0.3) is 0 Å². The molecule has 0 aromatic heterocycles. The van der Waals surface area contributed by atoms with E-state index < -0.39 is 0 Å². The quantitative estimate of drug-likeness (QED) is 0.663. The summed E-state index contributed by atoms with van der Waals surface area (Å²) >= 11 is 0. The van der Waals surface area contributed by atoms with E-state index in [1.54, 1.807) is 4.90 Å². The zero-order valence-corrected chi connectivity index (χ0v) is 11.1. The molecular weight excluding hydrogens is 242 g/mol. The maximum atomic E-state index is 11.7. The first-order valence-electron chi connectivity index (χ1n) is 6.29. The molecule has 5 heteroatoms. The van der Waals surface area contributed by atoms with Crippen molar-refractivity contribution in [1.29, 1.82) is 0 Å². The second-order valence-corrected chi connectivity index (χ2v) is 4.56. The van der Waals surface area contributed by atoms with Gasteiger partial charge in [-0.1, -0.05) is 12.1 Å². The molecule has 0 atom stereocenters. The summed E-state index contributed by atoms with van der Waals surface area (Å²) < 4.78 is 0. The fourth-order valence-corrected chi connectivity index (χ4v) is 2.05. The average Bonchev–Trinajstić information content (AvgIpc) is 2.82. The Hall–Kier alpha value is -2.17. The van der Waals surface area contributed by atoms with Crippen molar-refractivity contribution in [3.8, 4) is 0 Å². The van der Waals surface area contributed by atoms with Gasteiger partial charge in [0.2, 0.25) is 11.8 Å². The molecule has 100 valence electrons. The molecule has 0 spiro atoms. The number of hydrogen-bond acceptors (Lipinski definition) is 3. The number of hydrazone groups is 1. The van der Waals surface area contributed by atoms with Crippen LogP contribution in [0.3, 0.4) is 0 Å². The molecule has 1 fully saturated rings. The van der Waals surface area contributed by atoms with Crippen LogP contribution in [-0.4, -0.2) is 24.1 Å². The minimum absolute atomic E-state index is 0.161. The number of amides is 2. The molecule has 5 nitrogen and oxygen atoms in total. The lowest BCUT2D eigenvalue weighted by Crippen LogP contribution is -2.23. The van der Waals surface area contributed by atoms with Gasteiger partial charge in [-0.15, -0.1) is 0 Å². The molecule has 2 amide bonds. The van der Waals surface area contributed by atoms with Gasteiger partial charge >= 0.3 is 0 Å². The fourth-order valence-electron chi connectivity index (χ4n) is 2.05. The summed E-state index contributed by atoms with van der Waals surface area (Å²) in [6.45, 7) is 4.00. The number of hydrogen-bond donors (Lipinski definition) is 1. The predicted molar refractivity (Wildman–Crippen MR) is 74.1 cm³/mol. The Labute approximate surface area is 112 Å². The zero-order valence-electron chi connectivity index (χ0n) is 11.1. The first kappa shape index (κ1) is 13.3. The van der Waals surface area contributed by atoms with Gasteiger partial charge < -0.3 is 4.90 Å². The third kappa shape index (κ3) is 3.19. The second kappa shape index (κ2) is 5.65. The number of nitrogens with one attached hydrogen (secondary N) is 1. The van der Waals surface area contributed by atoms with Crippen molar-refractivity contribution in [1.82, 2.24) is 5.43 Å². The van der Waals surface area contributed by atoms with Crippen LogP contribution >= 0.6 is 0 Å². The van der Waals surface area contributed by atoms with Crippen molar-refractivity contribution in [2.45, 2.75) is 26.7 Å². The Bertz CT molecular complexity index is 537. The fraction of sp³-hybridized carbons (Fsp3) is 0.357. The van der Waals surface area contributed by atoms with Crippen LogP contribution in [0.4, 0.5) is 5.69 Å². The Morgan fingerprint density at radius 2 is 2.16 bits per heavy atom. The van der Waals surface area contributed by atoms with E-state index in [2.05, 4.69) is 10.5 Å². The minimum atomic E-state index is -0.203. The highest BCUT2D eigenvalue weighted by Gasteiger charge is 2.21. The van der Waals surface area contributed by atoms with Gasteiger partial charge in [-0.3, -0.25) is 9.59 Å². The van der Waals surface area contributed by atoms with Crippen LogP contribution in [0.2, 0.25) is 0 Å². The van der Waals surface area contributed by atoms with E-state index in [-0.39, 0.29) is 11.8 Å². The van der Waals surface area contributed by atoms with Crippen molar-refractivity contribution < 1.29 is 9.59 Å². The van der Waals surface area contributed by atoms with Gasteiger partial charge in [0.1, 0.15) is 0 Å². The summed E-state index contributed by atoms with van der Waals surface area (Å²) in [4.78, 5) is 24.3. The van der Waals surface area contributed by atoms with Gasteiger partial charge in [-0.25, -0.2) is 5.43 Å². The maximum Gasteiger partial charge on any atom is 0.236 e. The molecule has 1 aliphatic heterocycles. The summed E-state index contributed by atoms with van der Waals surface area (Å²) in [6, 6.07) is 7.63. The topological polar surface area (TPSA) is 61.8 Å². The van der Waals surface area contributed by atoms with Crippen molar-refractivity contribution in [2.24, 2.45) is 5.10 Å². The number of rotatable bonds is 3. The molecular formula is C14H17N3O2. The summed E-state index contributed by atoms with van der Waals surface area (Å²) in [5.74, 6) is -0.0428. The molecule has 19 heavy (non-hydrogen) atoms. The van der Waals surface area contributed by atoms with Crippen LogP contribution in [0.15, 0.2) is 29.4 Å². The summed E-state index contributed by atoms with van der Waals surface area (Å²) in [6.07, 6.45) is 1.52. The van der Waals surface area contributed by atoms with E-state index in [0.717, 1.165) is 24.2 Å². The molecule has 0 bridgehead atoms. The molecule has 0 saturated carbocycles. The van der Waals surface area contributed by atoms with Gasteiger partial charge in [-0.05, 0) is 31.0 Å². The second-order valence-electron chi connectivity index (χ2n) is 4.56. The van der Waals surface area contributed by atoms with Gasteiger partial charge in [0.05, 0.1) is 5.71 Å². The highest BCUT2D eigenvalue weighted by molar-refractivity contribution is 6.01. The van der Waals surface area contributed by atoms with Crippen LogP contribution in [0.1, 0.15) is 32.3 Å². The Balaban J connectivity index is 2.21. The molecule has 1 N–H and O–H groups in total. The van der Waals surface area contributed by atoms with Crippen molar-refractivity contribution in [3.05, 3.63) is 29.8 Å². The van der Waals surface area contributed by atoms with Gasteiger partial charge in [0.25, 0.3) is 0 Å². The molecule has 0 unspecified atom stereocenters. The largest absolute Gasteiger partial charge is 0.312 e. The SMILES string of the molecule is CC(=O)N/N=C(/C)c1cccc(N2CCCC2=O)c1. The average molecular weight is 259 g/mol. The van der Waals surface area contributed by atoms with E-state index in [1.807, 2.05) is 31.2 Å². The molecule has 0 aliphatic carbocycles. The number of carbonyl (C=O) groups excluding carboxylic acids is 2. The number of carbonyl (C=O) groups is 2. The van der Waals surface area contributed by atoms with E-state index >= 15 is 0 Å². The van der Waals surface area contributed by atoms with Gasteiger partial charge in [0, 0.05) is 25.6 Å². The molecule has 1 aromatic rings. The molecule has 1 aromatic carbocycles. The normalized spacial score (nSPS) is 15.8. The predicted octanol–water partition coefficient (Wildman–Crippen LogP) is 1.67. The number of nitrogens with zero attached hydrogens (tertiary/aromatic N) is 2. The third-order valence-electron chi connectivity index (χ3n) is 3.03. The lowest BCUT2D eigenvalue weighted by Gasteiger charge is -2.16. The summed E-state index contributed by atoms with van der Waals surface area (Å²) in [7, 11) is 0. The van der Waals surface area contributed by atoms with Gasteiger partial charge in [-0.2, -0.15) is 5.10 Å². The van der Waals surface area contributed by atoms with Crippen molar-refractivity contribution in [3.63, 3.8) is 0 Å². The molecule has 0 radical (unpaired) electrons. The lowest BCUT2D eigenvalue weighted by atomic mass is 10.1. The molecule has 1 heterocycles. The van der Waals surface area contributed by atoms with Crippen molar-refractivity contribution in [2.75, 3.05) is 11.4 Å². The highest BCUT2D eigenvalue weighted by Crippen LogP contribution is 2.22. The standard InChI is InChI=1S/C14H17N3O2/c1-10(15-16-11(2)18)12-5-3-6-13(9-12)17-8-4-7-14(17)19/h3,5-6,9H,4,7-8H2,1-2H3,(H,16,18)/b15-10-. The maximum absolute atomic E-state index is 11.7. The van der Waals surface area contributed by atoms with Crippen LogP contribution in [0.5, 0.6) is 0 Å². The smallest absolute Gasteiger partial charge is 0.236 e. The minimum Gasteiger partial charge on any atom is -0.312 e. The summed E-state index contributed by atoms with van der Waals surface area (Å²) in [5.41, 5.74) is 4.90. The zero-order chi connectivity index (χ0) is 13.8. The van der Waals surface area contributed by atoms with E-state index in [9.17, 15) is 9.59 Å². The highest BCUT2D eigenvalue weighted by atomic mass is 16.2. The first-order chi connectivity index (χ1) is 9.08. The van der Waals surface area contributed by atoms with Crippen LogP contribution < -0.4 is 10.3 Å². The first-order valence-corrected chi connectivity index (χ1v) is 6.29. The number of anilines is 1. The van der Waals surface area contributed by atoms with E-state index in [1.165, 1.54) is 6.92 Å². The van der Waals surface area contributed by atoms with E-state index in [4.69, 9.17) is 0 Å². The third-order valence-corrected chi connectivity index (χ3v) is 3.03. The lowest BCUT2D eigenvalue weighted by molar-refractivity contribution is -0.119. The van der Waals surface area contributed by atoms with Crippen molar-refractivity contribution >= 4 is 23.2 Å².